The van der Waals surface area contributed by atoms with Gasteiger partial charge in [-0.05, 0) is 24.4 Å². The topological polar surface area (TPSA) is 70.4 Å². The predicted octanol–water partition coefficient (Wildman–Crippen LogP) is 3.05. The molecule has 0 spiro atoms. The van der Waals surface area contributed by atoms with Crippen molar-refractivity contribution >= 4 is 35.8 Å². The minimum Gasteiger partial charge on any atom is -0.494 e. The highest BCUT2D eigenvalue weighted by Gasteiger charge is 2.15. The van der Waals surface area contributed by atoms with Gasteiger partial charge in [0.2, 0.25) is 5.88 Å². The Labute approximate surface area is 131 Å². The van der Waals surface area contributed by atoms with Gasteiger partial charge < -0.3 is 5.11 Å². The number of aromatic amines is 1. The number of aromatic hydroxyl groups is 1. The molecule has 1 aromatic heterocycles. The number of nitrogens with zero attached hydrogens (tertiary/aromatic N) is 2. The van der Waals surface area contributed by atoms with Crippen LogP contribution in [-0.4, -0.2) is 20.9 Å². The largest absolute Gasteiger partial charge is 0.494 e. The lowest BCUT2D eigenvalue weighted by molar-refractivity contribution is 0.413. The van der Waals surface area contributed by atoms with Gasteiger partial charge in [-0.25, -0.2) is 0 Å². The lowest BCUT2D eigenvalue weighted by Crippen LogP contribution is -2.16. The highest BCUT2D eigenvalue weighted by molar-refractivity contribution is 7.71. The third-order valence-electron chi connectivity index (χ3n) is 3.38. The van der Waals surface area contributed by atoms with Gasteiger partial charge >= 0.3 is 0 Å². The number of aliphatic imine (C=N–C) groups is 1. The van der Waals surface area contributed by atoms with Crippen molar-refractivity contribution in [3.63, 3.8) is 0 Å². The normalized spacial score (nSPS) is 14.3. The first-order valence-corrected chi connectivity index (χ1v) is 7.05. The summed E-state index contributed by atoms with van der Waals surface area (Å²) in [5.74, 6) is -0.182. The average Bonchev–Trinajstić information content (AvgIpc) is 2.91. The van der Waals surface area contributed by atoms with E-state index in [1.165, 1.54) is 4.57 Å². The second kappa shape index (κ2) is 5.57. The van der Waals surface area contributed by atoms with Crippen LogP contribution in [0.5, 0.6) is 5.88 Å². The van der Waals surface area contributed by atoms with Crippen LogP contribution in [0.2, 0.25) is 0 Å². The zero-order chi connectivity index (χ0) is 15.7. The summed E-state index contributed by atoms with van der Waals surface area (Å²) in [5.41, 5.74) is 2.22. The number of benzene rings is 1. The Bertz CT molecular complexity index is 935. The molecule has 0 atom stereocenters. The molecular weight excluding hydrogens is 298 g/mol. The standard InChI is InChI=1S/C16H13N3O2S/c1-2-7-19-15(21)12(14(20)18-16(19)22)8-10-9-17-13-6-4-3-5-11(10)13/h2-6,8-9,21H,1,7H2,(H,18,20,22)/b10-8+. The number of H-pyrrole nitrogens is 1. The molecule has 0 bridgehead atoms. The fourth-order valence-corrected chi connectivity index (χ4v) is 2.57. The molecule has 1 aliphatic heterocycles. The molecule has 22 heavy (non-hydrogen) atoms. The molecule has 0 unspecified atom stereocenters. The van der Waals surface area contributed by atoms with E-state index in [2.05, 4.69) is 16.6 Å². The smallest absolute Gasteiger partial charge is 0.262 e. The lowest BCUT2D eigenvalue weighted by atomic mass is 10.1. The van der Waals surface area contributed by atoms with Gasteiger partial charge in [-0.15, -0.1) is 6.58 Å². The molecule has 0 amide bonds. The fourth-order valence-electron chi connectivity index (χ4n) is 2.31. The van der Waals surface area contributed by atoms with Crippen molar-refractivity contribution < 1.29 is 5.11 Å². The Morgan fingerprint density at radius 1 is 1.41 bits per heavy atom. The van der Waals surface area contributed by atoms with Crippen molar-refractivity contribution in [3.05, 3.63) is 63.2 Å². The molecule has 0 radical (unpaired) electrons. The molecule has 2 aromatic rings. The van der Waals surface area contributed by atoms with E-state index in [1.807, 2.05) is 24.3 Å². The third kappa shape index (κ3) is 2.33. The van der Waals surface area contributed by atoms with E-state index >= 15 is 0 Å². The Balaban J connectivity index is 2.19. The molecule has 0 fully saturated rings. The summed E-state index contributed by atoms with van der Waals surface area (Å²) >= 11 is 5.05. The SMILES string of the molecule is C=CCn1c(O)c(/C=C2\C=Nc3ccccc32)c(=O)[nH]c1=S. The van der Waals surface area contributed by atoms with Crippen molar-refractivity contribution in [2.45, 2.75) is 6.54 Å². The maximum absolute atomic E-state index is 12.1. The van der Waals surface area contributed by atoms with Gasteiger partial charge in [-0.3, -0.25) is 19.3 Å². The van der Waals surface area contributed by atoms with E-state index in [0.717, 1.165) is 16.8 Å². The van der Waals surface area contributed by atoms with Crippen molar-refractivity contribution in [2.75, 3.05) is 0 Å². The number of fused-ring (bicyclic) bond motifs is 1. The first-order chi connectivity index (χ1) is 10.6. The summed E-state index contributed by atoms with van der Waals surface area (Å²) in [4.78, 5) is 18.9. The van der Waals surface area contributed by atoms with Crippen LogP contribution in [0.15, 0.2) is 46.7 Å². The molecule has 0 saturated carbocycles. The van der Waals surface area contributed by atoms with Crippen LogP contribution < -0.4 is 5.56 Å². The molecule has 0 saturated heterocycles. The van der Waals surface area contributed by atoms with Crippen LogP contribution in [0.3, 0.4) is 0 Å². The van der Waals surface area contributed by atoms with Crippen LogP contribution >= 0.6 is 12.2 Å². The molecule has 110 valence electrons. The van der Waals surface area contributed by atoms with E-state index in [4.69, 9.17) is 12.2 Å². The lowest BCUT2D eigenvalue weighted by Gasteiger charge is -2.09. The first kappa shape index (κ1) is 14.2. The van der Waals surface area contributed by atoms with Crippen LogP contribution in [0, 0.1) is 4.77 Å². The highest BCUT2D eigenvalue weighted by Crippen LogP contribution is 2.32. The summed E-state index contributed by atoms with van der Waals surface area (Å²) in [6.07, 6.45) is 4.87. The number of aromatic nitrogens is 2. The number of hydrogen-bond acceptors (Lipinski definition) is 4. The molecule has 2 N–H and O–H groups in total. The number of rotatable bonds is 3. The van der Waals surface area contributed by atoms with Gasteiger partial charge in [-0.1, -0.05) is 24.3 Å². The Hall–Kier alpha value is -2.73. The van der Waals surface area contributed by atoms with E-state index in [9.17, 15) is 9.90 Å². The molecule has 1 aromatic carbocycles. The molecule has 1 aliphatic rings. The minimum absolute atomic E-state index is 0.147. The molecule has 2 heterocycles. The third-order valence-corrected chi connectivity index (χ3v) is 3.70. The fraction of sp³-hybridized carbons (Fsp3) is 0.0625. The Morgan fingerprint density at radius 2 is 2.18 bits per heavy atom. The zero-order valence-electron chi connectivity index (χ0n) is 11.6. The quantitative estimate of drug-likeness (QED) is 0.676. The summed E-state index contributed by atoms with van der Waals surface area (Å²) in [7, 11) is 0. The molecule has 0 aliphatic carbocycles. The molecule has 5 nitrogen and oxygen atoms in total. The van der Waals surface area contributed by atoms with Gasteiger partial charge in [0.15, 0.2) is 4.77 Å². The van der Waals surface area contributed by atoms with Crippen molar-refractivity contribution in [1.82, 2.24) is 9.55 Å². The maximum atomic E-state index is 12.1. The number of para-hydroxylation sites is 1. The number of allylic oxidation sites excluding steroid dienone is 2. The summed E-state index contributed by atoms with van der Waals surface area (Å²) in [6.45, 7) is 3.92. The predicted molar refractivity (Wildman–Crippen MR) is 90.2 cm³/mol. The number of nitrogens with one attached hydrogen (secondary N) is 1. The van der Waals surface area contributed by atoms with Gasteiger partial charge in [0.05, 0.1) is 5.69 Å². The van der Waals surface area contributed by atoms with Crippen LogP contribution in [0.1, 0.15) is 11.1 Å². The van der Waals surface area contributed by atoms with Gasteiger partial charge in [0, 0.05) is 23.9 Å². The van der Waals surface area contributed by atoms with Crippen molar-refractivity contribution in [3.8, 4) is 5.88 Å². The van der Waals surface area contributed by atoms with E-state index in [1.54, 1.807) is 18.4 Å². The van der Waals surface area contributed by atoms with E-state index in [-0.39, 0.29) is 16.2 Å². The maximum Gasteiger partial charge on any atom is 0.262 e. The summed E-state index contributed by atoms with van der Waals surface area (Å²) < 4.78 is 1.57. The zero-order valence-corrected chi connectivity index (χ0v) is 12.4. The second-order valence-electron chi connectivity index (χ2n) is 4.77. The van der Waals surface area contributed by atoms with Gasteiger partial charge in [0.25, 0.3) is 5.56 Å². The average molecular weight is 311 g/mol. The summed E-state index contributed by atoms with van der Waals surface area (Å²) in [6, 6.07) is 7.60. The van der Waals surface area contributed by atoms with Crippen LogP contribution in [-0.2, 0) is 6.54 Å². The molecular formula is C16H13N3O2S. The number of hydrogen-bond donors (Lipinski definition) is 2. The molecule has 3 rings (SSSR count). The van der Waals surface area contributed by atoms with Crippen LogP contribution in [0.4, 0.5) is 5.69 Å². The van der Waals surface area contributed by atoms with Gasteiger partial charge in [-0.2, -0.15) is 0 Å². The van der Waals surface area contributed by atoms with E-state index in [0.29, 0.717) is 6.54 Å². The Kier molecular flexibility index (Phi) is 3.60. The summed E-state index contributed by atoms with van der Waals surface area (Å²) in [5, 5.41) is 10.3. The molecule has 6 heteroatoms. The van der Waals surface area contributed by atoms with E-state index < -0.39 is 5.56 Å². The Morgan fingerprint density at radius 3 is 2.95 bits per heavy atom. The van der Waals surface area contributed by atoms with Crippen molar-refractivity contribution in [1.29, 1.82) is 0 Å². The van der Waals surface area contributed by atoms with Crippen molar-refractivity contribution in [2.24, 2.45) is 4.99 Å². The first-order valence-electron chi connectivity index (χ1n) is 6.64. The minimum atomic E-state index is -0.437. The highest BCUT2D eigenvalue weighted by atomic mass is 32.1. The van der Waals surface area contributed by atoms with Crippen LogP contribution in [0.25, 0.3) is 11.6 Å². The van der Waals surface area contributed by atoms with Gasteiger partial charge in [0.1, 0.15) is 5.56 Å². The monoisotopic (exact) mass is 311 g/mol. The second-order valence-corrected chi connectivity index (χ2v) is 5.16.